The molecule has 0 N–H and O–H groups in total. The van der Waals surface area contributed by atoms with Crippen LogP contribution >= 0.6 is 39.3 Å². The van der Waals surface area contributed by atoms with Gasteiger partial charge in [0.15, 0.2) is 0 Å². The normalized spacial score (nSPS) is 11.1. The maximum atomic E-state index is 5.88. The fourth-order valence-electron chi connectivity index (χ4n) is 1.48. The molecule has 0 atom stereocenters. The predicted molar refractivity (Wildman–Crippen MR) is 83.6 cm³/mol. The Hall–Kier alpha value is -0.790. The second kappa shape index (κ2) is 7.28. The molecule has 0 amide bonds. The van der Waals surface area contributed by atoms with Gasteiger partial charge in [-0.2, -0.15) is 0 Å². The molecular weight excluding hydrogens is 364 g/mol. The lowest BCUT2D eigenvalue weighted by Crippen LogP contribution is -2.06. The predicted octanol–water partition coefficient (Wildman–Crippen LogP) is 3.84. The number of ether oxygens (including phenoxy) is 1. The number of hydrogen-bond acceptors (Lipinski definition) is 5. The summed E-state index contributed by atoms with van der Waals surface area (Å²) < 4.78 is 8.33. The molecule has 0 saturated carbocycles. The third kappa shape index (κ3) is 4.10. The molecule has 0 bridgehead atoms. The molecule has 108 valence electrons. The van der Waals surface area contributed by atoms with Crippen molar-refractivity contribution in [1.82, 2.24) is 20.2 Å². The highest BCUT2D eigenvalue weighted by molar-refractivity contribution is 9.10. The van der Waals surface area contributed by atoms with Crippen molar-refractivity contribution in [1.29, 1.82) is 0 Å². The lowest BCUT2D eigenvalue weighted by Gasteiger charge is -2.09. The smallest absolute Gasteiger partial charge is 0.209 e. The second-order valence-electron chi connectivity index (χ2n) is 4.27. The summed E-state index contributed by atoms with van der Waals surface area (Å²) in [6, 6.07) is 5.70. The standard InChI is InChI=1S/C12H14BrClN4OS/c1-8(2)18-12(15-16-17-18)20-6-5-19-11-4-3-9(14)7-10(11)13/h3-4,7-8H,5-6H2,1-2H3. The van der Waals surface area contributed by atoms with Gasteiger partial charge in [-0.1, -0.05) is 23.4 Å². The van der Waals surface area contributed by atoms with Gasteiger partial charge in [0.25, 0.3) is 0 Å². The van der Waals surface area contributed by atoms with E-state index in [1.165, 1.54) is 0 Å². The van der Waals surface area contributed by atoms with E-state index >= 15 is 0 Å². The van der Waals surface area contributed by atoms with Gasteiger partial charge in [0.2, 0.25) is 5.16 Å². The van der Waals surface area contributed by atoms with Gasteiger partial charge in [-0.05, 0) is 58.4 Å². The van der Waals surface area contributed by atoms with Crippen LogP contribution in [0.4, 0.5) is 0 Å². The first-order valence-electron chi connectivity index (χ1n) is 6.06. The van der Waals surface area contributed by atoms with Crippen molar-refractivity contribution >= 4 is 39.3 Å². The van der Waals surface area contributed by atoms with Gasteiger partial charge in [0.05, 0.1) is 17.1 Å². The minimum atomic E-state index is 0.249. The Bertz CT molecular complexity index is 578. The Morgan fingerprint density at radius 2 is 2.25 bits per heavy atom. The first-order chi connectivity index (χ1) is 9.58. The monoisotopic (exact) mass is 376 g/mol. The highest BCUT2D eigenvalue weighted by Crippen LogP contribution is 2.28. The van der Waals surface area contributed by atoms with Crippen LogP contribution in [-0.2, 0) is 0 Å². The zero-order valence-corrected chi connectivity index (χ0v) is 14.2. The van der Waals surface area contributed by atoms with Crippen LogP contribution in [-0.4, -0.2) is 32.6 Å². The molecule has 1 aromatic heterocycles. The summed E-state index contributed by atoms with van der Waals surface area (Å²) in [7, 11) is 0. The number of thioether (sulfide) groups is 1. The summed E-state index contributed by atoms with van der Waals surface area (Å²) in [6.07, 6.45) is 0. The molecule has 0 saturated heterocycles. The lowest BCUT2D eigenvalue weighted by molar-refractivity contribution is 0.341. The van der Waals surface area contributed by atoms with Gasteiger partial charge >= 0.3 is 0 Å². The zero-order valence-electron chi connectivity index (χ0n) is 11.1. The molecule has 0 unspecified atom stereocenters. The minimum absolute atomic E-state index is 0.249. The van der Waals surface area contributed by atoms with Gasteiger partial charge in [-0.15, -0.1) is 5.10 Å². The molecule has 0 spiro atoms. The van der Waals surface area contributed by atoms with E-state index in [-0.39, 0.29) is 6.04 Å². The number of hydrogen-bond donors (Lipinski definition) is 0. The summed E-state index contributed by atoms with van der Waals surface area (Å²) in [6.45, 7) is 4.65. The Morgan fingerprint density at radius 1 is 1.45 bits per heavy atom. The third-order valence-electron chi connectivity index (χ3n) is 2.42. The van der Waals surface area contributed by atoms with E-state index in [4.69, 9.17) is 16.3 Å². The highest BCUT2D eigenvalue weighted by atomic mass is 79.9. The Morgan fingerprint density at radius 3 is 2.95 bits per heavy atom. The van der Waals surface area contributed by atoms with Gasteiger partial charge in [-0.25, -0.2) is 4.68 Å². The summed E-state index contributed by atoms with van der Waals surface area (Å²) in [5.74, 6) is 1.54. The first kappa shape index (κ1) is 15.6. The Labute approximate surface area is 135 Å². The summed E-state index contributed by atoms with van der Waals surface area (Å²) in [5, 5.41) is 13.1. The molecule has 5 nitrogen and oxygen atoms in total. The highest BCUT2D eigenvalue weighted by Gasteiger charge is 2.09. The van der Waals surface area contributed by atoms with E-state index in [2.05, 4.69) is 31.5 Å². The van der Waals surface area contributed by atoms with Crippen LogP contribution in [0.1, 0.15) is 19.9 Å². The van der Waals surface area contributed by atoms with E-state index in [0.717, 1.165) is 21.1 Å². The van der Waals surface area contributed by atoms with E-state index in [1.807, 2.05) is 26.0 Å². The molecule has 2 rings (SSSR count). The van der Waals surface area contributed by atoms with E-state index in [9.17, 15) is 0 Å². The van der Waals surface area contributed by atoms with E-state index < -0.39 is 0 Å². The molecule has 0 radical (unpaired) electrons. The summed E-state index contributed by atoms with van der Waals surface area (Å²) in [5.41, 5.74) is 0. The second-order valence-corrected chi connectivity index (χ2v) is 6.62. The molecule has 0 aliphatic heterocycles. The molecule has 8 heteroatoms. The number of tetrazole rings is 1. The van der Waals surface area contributed by atoms with Gasteiger partial charge in [0, 0.05) is 10.8 Å². The topological polar surface area (TPSA) is 52.8 Å². The number of aromatic nitrogens is 4. The summed E-state index contributed by atoms with van der Waals surface area (Å²) in [4.78, 5) is 0. The van der Waals surface area contributed by atoms with E-state index in [0.29, 0.717) is 11.6 Å². The van der Waals surface area contributed by atoms with Crippen molar-refractivity contribution in [2.24, 2.45) is 0 Å². The molecule has 2 aromatic rings. The Kier molecular flexibility index (Phi) is 5.68. The third-order valence-corrected chi connectivity index (χ3v) is 4.17. The number of benzene rings is 1. The van der Waals surface area contributed by atoms with Gasteiger partial charge in [0.1, 0.15) is 5.75 Å². The van der Waals surface area contributed by atoms with Crippen LogP contribution in [0.5, 0.6) is 5.75 Å². The molecule has 0 aliphatic carbocycles. The minimum Gasteiger partial charge on any atom is -0.492 e. The maximum absolute atomic E-state index is 5.88. The number of nitrogens with zero attached hydrogens (tertiary/aromatic N) is 4. The summed E-state index contributed by atoms with van der Waals surface area (Å²) >= 11 is 10.9. The van der Waals surface area contributed by atoms with Crippen molar-refractivity contribution < 1.29 is 4.74 Å². The van der Waals surface area contributed by atoms with Crippen molar-refractivity contribution in [2.45, 2.75) is 25.0 Å². The maximum Gasteiger partial charge on any atom is 0.209 e. The zero-order chi connectivity index (χ0) is 14.5. The molecule has 1 heterocycles. The molecule has 0 fully saturated rings. The average molecular weight is 378 g/mol. The Balaban J connectivity index is 1.83. The quantitative estimate of drug-likeness (QED) is 0.565. The number of rotatable bonds is 6. The molecular formula is C12H14BrClN4OS. The SMILES string of the molecule is CC(C)n1nnnc1SCCOc1ccc(Cl)cc1Br. The number of halogens is 2. The molecule has 0 aliphatic rings. The van der Waals surface area contributed by atoms with Crippen LogP contribution in [0.25, 0.3) is 0 Å². The average Bonchev–Trinajstić information content (AvgIpc) is 2.85. The molecule has 20 heavy (non-hydrogen) atoms. The fraction of sp³-hybridized carbons (Fsp3) is 0.417. The van der Waals surface area contributed by atoms with Gasteiger partial charge < -0.3 is 4.74 Å². The van der Waals surface area contributed by atoms with Gasteiger partial charge in [-0.3, -0.25) is 0 Å². The molecule has 1 aromatic carbocycles. The largest absolute Gasteiger partial charge is 0.492 e. The first-order valence-corrected chi connectivity index (χ1v) is 8.22. The lowest BCUT2D eigenvalue weighted by atomic mass is 10.3. The van der Waals surface area contributed by atoms with Crippen molar-refractivity contribution in [2.75, 3.05) is 12.4 Å². The van der Waals surface area contributed by atoms with Crippen LogP contribution in [0, 0.1) is 0 Å². The van der Waals surface area contributed by atoms with Crippen LogP contribution < -0.4 is 4.74 Å². The van der Waals surface area contributed by atoms with Crippen LogP contribution in [0.2, 0.25) is 5.02 Å². The van der Waals surface area contributed by atoms with Crippen molar-refractivity contribution in [3.63, 3.8) is 0 Å². The van der Waals surface area contributed by atoms with Crippen molar-refractivity contribution in [3.05, 3.63) is 27.7 Å². The fourth-order valence-corrected chi connectivity index (χ4v) is 3.10. The van der Waals surface area contributed by atoms with Crippen LogP contribution in [0.3, 0.4) is 0 Å². The van der Waals surface area contributed by atoms with Crippen molar-refractivity contribution in [3.8, 4) is 5.75 Å². The van der Waals surface area contributed by atoms with Crippen LogP contribution in [0.15, 0.2) is 27.8 Å². The van der Waals surface area contributed by atoms with E-state index in [1.54, 1.807) is 22.5 Å².